The molecule has 1 saturated heterocycles. The largest absolute Gasteiger partial charge is 0.353 e. The predicted molar refractivity (Wildman–Crippen MR) is 126 cm³/mol. The van der Waals surface area contributed by atoms with Gasteiger partial charge in [0.2, 0.25) is 21.8 Å². The van der Waals surface area contributed by atoms with Crippen LogP contribution in [0.4, 0.5) is 17.3 Å². The van der Waals surface area contributed by atoms with Crippen LogP contribution < -0.4 is 14.9 Å². The first-order valence-electron chi connectivity index (χ1n) is 11.2. The molecule has 2 amide bonds. The number of hydrogen-bond donors (Lipinski definition) is 2. The number of nitrogens with one attached hydrogen (secondary N) is 2. The molecule has 1 aromatic carbocycles. The van der Waals surface area contributed by atoms with Crippen LogP contribution >= 0.6 is 0 Å². The monoisotopic (exact) mass is 483 g/mol. The Labute approximate surface area is 197 Å². The molecule has 1 aromatic heterocycles. The minimum atomic E-state index is -3.66. The molecule has 8 rings (SSSR count). The number of anilines is 2. The van der Waals surface area contributed by atoms with E-state index in [1.807, 2.05) is 4.90 Å². The maximum atomic E-state index is 12.7. The first-order valence-corrected chi connectivity index (χ1v) is 12.7. The molecule has 11 nitrogen and oxygen atoms in total. The Balaban J connectivity index is 1.49. The van der Waals surface area contributed by atoms with E-state index in [9.17, 15) is 18.0 Å². The maximum absolute atomic E-state index is 12.7. The number of nitrogens with zero attached hydrogens (tertiary/aromatic N) is 5. The Morgan fingerprint density at radius 1 is 0.941 bits per heavy atom. The zero-order valence-corrected chi connectivity index (χ0v) is 19.3. The zero-order valence-electron chi connectivity index (χ0n) is 18.5. The Morgan fingerprint density at radius 3 is 2.44 bits per heavy atom. The Morgan fingerprint density at radius 2 is 1.68 bits per heavy atom. The summed E-state index contributed by atoms with van der Waals surface area (Å²) in [6, 6.07) is 6.15. The van der Waals surface area contributed by atoms with Crippen molar-refractivity contribution in [2.45, 2.75) is 30.1 Å². The van der Waals surface area contributed by atoms with Crippen LogP contribution in [0.15, 0.2) is 40.5 Å². The number of rotatable bonds is 0. The number of piperazine rings is 1. The van der Waals surface area contributed by atoms with Crippen LogP contribution in [0.2, 0.25) is 0 Å². The SMILES string of the molecule is O=C1Nc2ncnc3c2C1C=Nc1ccc(cc1)S(=O)(=O)NCCCCC(=O)N1CCN3CC1. The molecule has 178 valence electrons. The van der Waals surface area contributed by atoms with Crippen LogP contribution in [0.25, 0.3) is 0 Å². The van der Waals surface area contributed by atoms with E-state index in [0.29, 0.717) is 68.3 Å². The van der Waals surface area contributed by atoms with Gasteiger partial charge in [-0.1, -0.05) is 0 Å². The number of carbonyl (C=O) groups excluding carboxylic acids is 2. The highest BCUT2D eigenvalue weighted by Crippen LogP contribution is 2.36. The topological polar surface area (TPSA) is 137 Å². The van der Waals surface area contributed by atoms with Crippen LogP contribution in [0, 0.1) is 0 Å². The molecule has 34 heavy (non-hydrogen) atoms. The minimum absolute atomic E-state index is 0.0577. The summed E-state index contributed by atoms with van der Waals surface area (Å²) < 4.78 is 27.7. The summed E-state index contributed by atoms with van der Waals surface area (Å²) in [5, 5.41) is 2.79. The van der Waals surface area contributed by atoms with E-state index in [1.165, 1.54) is 24.7 Å². The molecule has 0 spiro atoms. The Kier molecular flexibility index (Phi) is 6.00. The highest BCUT2D eigenvalue weighted by atomic mass is 32.2. The summed E-state index contributed by atoms with van der Waals surface area (Å²) in [4.78, 5) is 42.5. The molecular weight excluding hydrogens is 458 g/mol. The molecule has 1 atom stereocenters. The summed E-state index contributed by atoms with van der Waals surface area (Å²) in [7, 11) is -3.66. The summed E-state index contributed by atoms with van der Waals surface area (Å²) in [5.41, 5.74) is 1.19. The van der Waals surface area contributed by atoms with Crippen molar-refractivity contribution in [2.75, 3.05) is 42.9 Å². The van der Waals surface area contributed by atoms with Gasteiger partial charge in [0.25, 0.3) is 0 Å². The standard InChI is InChI=1S/C22H25N7O4S/c30-18-3-1-2-8-26-34(32,33)16-6-4-15(5-7-16)23-13-17-19-20(27-22(17)31)24-14-25-21(19)29-11-9-28(18)10-12-29/h4-7,13-14,17,26H,1-3,8-12H2,(H,24,25,27,31). The number of aliphatic imine (C=N–C) groups is 1. The van der Waals surface area contributed by atoms with Crippen molar-refractivity contribution >= 4 is 45.4 Å². The van der Waals surface area contributed by atoms with Gasteiger partial charge < -0.3 is 15.1 Å². The number of carbonyl (C=O) groups is 2. The molecule has 0 aliphatic carbocycles. The first kappa shape index (κ1) is 22.4. The molecular formula is C22H25N7O4S. The Bertz CT molecular complexity index is 1240. The lowest BCUT2D eigenvalue weighted by atomic mass is 10.0. The third-order valence-electron chi connectivity index (χ3n) is 6.26. The minimum Gasteiger partial charge on any atom is -0.353 e. The molecule has 4 bridgehead atoms. The van der Waals surface area contributed by atoms with Gasteiger partial charge in [0.1, 0.15) is 23.9 Å². The fraction of sp³-hybridized carbons (Fsp3) is 0.409. The molecule has 0 radical (unpaired) electrons. The summed E-state index contributed by atoms with van der Waals surface area (Å²) in [6.45, 7) is 2.55. The fourth-order valence-electron chi connectivity index (χ4n) is 4.38. The van der Waals surface area contributed by atoms with Crippen LogP contribution in [0.3, 0.4) is 0 Å². The quantitative estimate of drug-likeness (QED) is 0.571. The maximum Gasteiger partial charge on any atom is 0.240 e. The second kappa shape index (κ2) is 9.11. The third kappa shape index (κ3) is 4.38. The Hall–Kier alpha value is -3.38. The second-order valence-electron chi connectivity index (χ2n) is 8.42. The number of aromatic nitrogens is 2. The van der Waals surface area contributed by atoms with E-state index in [1.54, 1.807) is 12.1 Å². The average molecular weight is 484 g/mol. The lowest BCUT2D eigenvalue weighted by Crippen LogP contribution is -2.49. The first-order chi connectivity index (χ1) is 16.4. The van der Waals surface area contributed by atoms with Crippen molar-refractivity contribution in [2.24, 2.45) is 4.99 Å². The van der Waals surface area contributed by atoms with Crippen molar-refractivity contribution in [3.63, 3.8) is 0 Å². The smallest absolute Gasteiger partial charge is 0.240 e. The van der Waals surface area contributed by atoms with Gasteiger partial charge in [-0.15, -0.1) is 0 Å². The van der Waals surface area contributed by atoms with Crippen LogP contribution in [0.1, 0.15) is 30.7 Å². The number of hydrogen-bond acceptors (Lipinski definition) is 8. The van der Waals surface area contributed by atoms with Crippen LogP contribution in [-0.2, 0) is 19.6 Å². The van der Waals surface area contributed by atoms with Gasteiger partial charge in [-0.05, 0) is 37.1 Å². The summed E-state index contributed by atoms with van der Waals surface area (Å²) in [5.74, 6) is 0.247. The van der Waals surface area contributed by atoms with Gasteiger partial charge in [0.15, 0.2) is 0 Å². The van der Waals surface area contributed by atoms with Gasteiger partial charge in [0.05, 0.1) is 16.1 Å². The van der Waals surface area contributed by atoms with E-state index in [2.05, 4.69) is 29.9 Å². The number of sulfonamides is 1. The van der Waals surface area contributed by atoms with Crippen molar-refractivity contribution in [1.29, 1.82) is 0 Å². The molecule has 1 unspecified atom stereocenters. The highest BCUT2D eigenvalue weighted by molar-refractivity contribution is 7.89. The molecule has 2 aromatic rings. The predicted octanol–water partition coefficient (Wildman–Crippen LogP) is 1.03. The third-order valence-corrected chi connectivity index (χ3v) is 7.74. The van der Waals surface area contributed by atoms with E-state index in [4.69, 9.17) is 0 Å². The summed E-state index contributed by atoms with van der Waals surface area (Å²) >= 11 is 0. The fourth-order valence-corrected chi connectivity index (χ4v) is 5.45. The van der Waals surface area contributed by atoms with Crippen molar-refractivity contribution < 1.29 is 18.0 Å². The molecule has 0 saturated carbocycles. The molecule has 7 heterocycles. The van der Waals surface area contributed by atoms with E-state index >= 15 is 0 Å². The van der Waals surface area contributed by atoms with E-state index in [-0.39, 0.29) is 23.3 Å². The molecule has 2 N–H and O–H groups in total. The van der Waals surface area contributed by atoms with Gasteiger partial charge in [-0.3, -0.25) is 14.6 Å². The summed E-state index contributed by atoms with van der Waals surface area (Å²) in [6.07, 6.45) is 4.51. The van der Waals surface area contributed by atoms with Crippen molar-refractivity contribution in [3.05, 3.63) is 36.2 Å². The van der Waals surface area contributed by atoms with Crippen molar-refractivity contribution in [1.82, 2.24) is 19.6 Å². The van der Waals surface area contributed by atoms with Gasteiger partial charge >= 0.3 is 0 Å². The highest BCUT2D eigenvalue weighted by Gasteiger charge is 2.36. The second-order valence-corrected chi connectivity index (χ2v) is 10.2. The zero-order chi connectivity index (χ0) is 23.7. The van der Waals surface area contributed by atoms with Crippen LogP contribution in [0.5, 0.6) is 0 Å². The van der Waals surface area contributed by atoms with Crippen molar-refractivity contribution in [3.8, 4) is 0 Å². The lowest BCUT2D eigenvalue weighted by molar-refractivity contribution is -0.131. The molecule has 1 fully saturated rings. The normalized spacial score (nSPS) is 22.5. The van der Waals surface area contributed by atoms with Gasteiger partial charge in [-0.2, -0.15) is 0 Å². The molecule has 6 aliphatic rings. The van der Waals surface area contributed by atoms with Gasteiger partial charge in [-0.25, -0.2) is 23.1 Å². The van der Waals surface area contributed by atoms with E-state index < -0.39 is 15.9 Å². The van der Waals surface area contributed by atoms with Gasteiger partial charge in [0, 0.05) is 45.4 Å². The number of benzene rings is 1. The average Bonchev–Trinajstić information content (AvgIpc) is 3.17. The molecule has 6 aliphatic heterocycles. The van der Waals surface area contributed by atoms with Crippen LogP contribution in [-0.4, -0.2) is 74.0 Å². The molecule has 12 heteroatoms. The van der Waals surface area contributed by atoms with E-state index in [0.717, 1.165) is 0 Å². The lowest BCUT2D eigenvalue weighted by Gasteiger charge is -2.36. The number of amides is 2.